The van der Waals surface area contributed by atoms with Crippen molar-refractivity contribution in [3.8, 4) is 11.5 Å². The van der Waals surface area contributed by atoms with E-state index in [-0.39, 0.29) is 0 Å². The zero-order chi connectivity index (χ0) is 16.5. The van der Waals surface area contributed by atoms with E-state index in [0.717, 1.165) is 22.5 Å². The number of methoxy groups -OCH3 is 1. The summed E-state index contributed by atoms with van der Waals surface area (Å²) in [4.78, 5) is 22.7. The first kappa shape index (κ1) is 16.5. The van der Waals surface area contributed by atoms with Gasteiger partial charge in [0, 0.05) is 4.90 Å². The van der Waals surface area contributed by atoms with Crippen LogP contribution in [0.1, 0.15) is 0 Å². The van der Waals surface area contributed by atoms with Gasteiger partial charge in [-0.3, -0.25) is 20.4 Å². The van der Waals surface area contributed by atoms with E-state index in [2.05, 4.69) is 15.6 Å². The third-order valence-corrected chi connectivity index (χ3v) is 3.43. The zero-order valence-corrected chi connectivity index (χ0v) is 13.1. The average molecular weight is 333 g/mol. The maximum atomic E-state index is 11.7. The fraction of sp³-hybridized carbons (Fsp3) is 0.0667. The number of benzene rings is 2. The molecule has 0 radical (unpaired) electrons. The lowest BCUT2D eigenvalue weighted by atomic mass is 10.3. The zero-order valence-electron chi connectivity index (χ0n) is 12.2. The van der Waals surface area contributed by atoms with Crippen LogP contribution >= 0.6 is 11.9 Å². The van der Waals surface area contributed by atoms with Crippen molar-refractivity contribution in [2.24, 2.45) is 0 Å². The monoisotopic (exact) mass is 333 g/mol. The fourth-order valence-corrected chi connectivity index (χ4v) is 2.11. The van der Waals surface area contributed by atoms with Gasteiger partial charge in [-0.1, -0.05) is 0 Å². The number of hydrogen-bond donors (Lipinski definition) is 3. The first-order chi connectivity index (χ1) is 11.2. The van der Waals surface area contributed by atoms with Crippen LogP contribution in [0, 0.1) is 0 Å². The quantitative estimate of drug-likeness (QED) is 0.410. The Labute approximate surface area is 137 Å². The molecule has 120 valence electrons. The summed E-state index contributed by atoms with van der Waals surface area (Å²) in [5, 5.41) is 0. The largest absolute Gasteiger partial charge is 0.497 e. The van der Waals surface area contributed by atoms with Gasteiger partial charge in [0.15, 0.2) is 0 Å². The minimum absolute atomic E-state index is 0.420. The normalized spacial score (nSPS) is 9.61. The predicted octanol–water partition coefficient (Wildman–Crippen LogP) is 2.56. The van der Waals surface area contributed by atoms with E-state index in [1.54, 1.807) is 55.6 Å². The van der Waals surface area contributed by atoms with Crippen molar-refractivity contribution in [3.05, 3.63) is 48.5 Å². The van der Waals surface area contributed by atoms with Crippen LogP contribution in [0.2, 0.25) is 0 Å². The van der Waals surface area contributed by atoms with Crippen molar-refractivity contribution >= 4 is 30.1 Å². The molecule has 0 aliphatic carbocycles. The van der Waals surface area contributed by atoms with Crippen LogP contribution in [0.15, 0.2) is 53.4 Å². The maximum absolute atomic E-state index is 11.7. The van der Waals surface area contributed by atoms with Gasteiger partial charge in [-0.2, -0.15) is 0 Å². The van der Waals surface area contributed by atoms with Crippen molar-refractivity contribution in [1.82, 2.24) is 10.1 Å². The Kier molecular flexibility index (Phi) is 6.13. The van der Waals surface area contributed by atoms with Crippen LogP contribution in [-0.2, 0) is 4.79 Å². The summed E-state index contributed by atoms with van der Waals surface area (Å²) in [6.07, 6.45) is -0.0376. The summed E-state index contributed by atoms with van der Waals surface area (Å²) in [6.45, 7) is 0. The third-order valence-electron chi connectivity index (χ3n) is 2.65. The second kappa shape index (κ2) is 8.54. The topological polar surface area (TPSA) is 88.7 Å². The molecule has 2 amide bonds. The van der Waals surface area contributed by atoms with E-state index >= 15 is 0 Å². The molecule has 8 heteroatoms. The smallest absolute Gasteiger partial charge is 0.422 e. The molecule has 2 aromatic carbocycles. The molecule has 0 aromatic heterocycles. The lowest BCUT2D eigenvalue weighted by Crippen LogP contribution is -2.20. The minimum Gasteiger partial charge on any atom is -0.497 e. The van der Waals surface area contributed by atoms with Gasteiger partial charge in [0.25, 0.3) is 0 Å². The van der Waals surface area contributed by atoms with Crippen LogP contribution in [0.4, 0.5) is 10.5 Å². The second-order valence-corrected chi connectivity index (χ2v) is 5.06. The van der Waals surface area contributed by atoms with Crippen LogP contribution in [0.3, 0.4) is 0 Å². The highest BCUT2D eigenvalue weighted by atomic mass is 32.2. The molecule has 2 aromatic rings. The molecule has 23 heavy (non-hydrogen) atoms. The van der Waals surface area contributed by atoms with Gasteiger partial charge in [-0.25, -0.2) is 4.79 Å². The van der Waals surface area contributed by atoms with Gasteiger partial charge in [0.05, 0.1) is 12.8 Å². The number of rotatable bonds is 7. The van der Waals surface area contributed by atoms with Crippen LogP contribution < -0.4 is 25.0 Å². The number of amides is 2. The number of carbonyl (C=O) groups excluding carboxylic acids is 2. The first-order valence-electron chi connectivity index (χ1n) is 6.55. The van der Waals surface area contributed by atoms with E-state index in [1.807, 2.05) is 0 Å². The predicted molar refractivity (Wildman–Crippen MR) is 87.3 cm³/mol. The lowest BCUT2D eigenvalue weighted by molar-refractivity contribution is -0.109. The number of hydrazine groups is 1. The van der Waals surface area contributed by atoms with Crippen LogP contribution in [0.25, 0.3) is 0 Å². The molecule has 0 spiro atoms. The van der Waals surface area contributed by atoms with Crippen LogP contribution in [0.5, 0.6) is 11.5 Å². The summed E-state index contributed by atoms with van der Waals surface area (Å²) >= 11 is 1.12. The molecule has 0 fully saturated rings. The third kappa shape index (κ3) is 5.44. The van der Waals surface area contributed by atoms with Crippen LogP contribution in [-0.4, -0.2) is 19.6 Å². The van der Waals surface area contributed by atoms with E-state index in [4.69, 9.17) is 9.47 Å². The van der Waals surface area contributed by atoms with E-state index in [9.17, 15) is 9.59 Å². The summed E-state index contributed by atoms with van der Waals surface area (Å²) in [5.74, 6) is 1.10. The van der Waals surface area contributed by atoms with Crippen molar-refractivity contribution in [2.45, 2.75) is 4.90 Å². The Morgan fingerprint density at radius 1 is 1.04 bits per heavy atom. The highest BCUT2D eigenvalue weighted by Gasteiger charge is 2.05. The number of nitrogens with one attached hydrogen (secondary N) is 3. The average Bonchev–Trinajstić information content (AvgIpc) is 2.59. The highest BCUT2D eigenvalue weighted by molar-refractivity contribution is 7.98. The molecule has 0 saturated heterocycles. The lowest BCUT2D eigenvalue weighted by Gasteiger charge is -2.07. The second-order valence-electron chi connectivity index (χ2n) is 4.18. The van der Waals surface area contributed by atoms with Gasteiger partial charge in [0.2, 0.25) is 6.41 Å². The molecule has 2 rings (SSSR count). The van der Waals surface area contributed by atoms with E-state index in [0.29, 0.717) is 17.9 Å². The highest BCUT2D eigenvalue weighted by Crippen LogP contribution is 2.19. The molecule has 0 aliphatic heterocycles. The first-order valence-corrected chi connectivity index (χ1v) is 7.37. The van der Waals surface area contributed by atoms with E-state index in [1.165, 1.54) is 0 Å². The number of ether oxygens (including phenoxy) is 2. The molecule has 0 bridgehead atoms. The Morgan fingerprint density at radius 3 is 2.30 bits per heavy atom. The molecular formula is C15H15N3O4S. The van der Waals surface area contributed by atoms with Crippen molar-refractivity contribution in [2.75, 3.05) is 12.5 Å². The number of anilines is 1. The molecule has 3 N–H and O–H groups in total. The van der Waals surface area contributed by atoms with Crippen molar-refractivity contribution in [1.29, 1.82) is 0 Å². The van der Waals surface area contributed by atoms with Crippen molar-refractivity contribution < 1.29 is 19.1 Å². The van der Waals surface area contributed by atoms with Gasteiger partial charge in [-0.05, 0) is 60.5 Å². The van der Waals surface area contributed by atoms with Gasteiger partial charge in [-0.15, -0.1) is 0 Å². The molecule has 0 atom stereocenters. The van der Waals surface area contributed by atoms with Gasteiger partial charge < -0.3 is 9.47 Å². The Morgan fingerprint density at radius 2 is 1.70 bits per heavy atom. The minimum atomic E-state index is -0.579. The SMILES string of the molecule is COc1ccc(OC(=O)NSc2ccc(NNC=O)cc2)cc1. The Hall–Kier alpha value is -2.87. The number of hydrogen-bond acceptors (Lipinski definition) is 6. The van der Waals surface area contributed by atoms with Gasteiger partial charge in [0.1, 0.15) is 11.5 Å². The maximum Gasteiger partial charge on any atom is 0.422 e. The van der Waals surface area contributed by atoms with E-state index < -0.39 is 6.09 Å². The van der Waals surface area contributed by atoms with Crippen molar-refractivity contribution in [3.63, 3.8) is 0 Å². The summed E-state index contributed by atoms with van der Waals surface area (Å²) in [7, 11) is 1.56. The fourth-order valence-electron chi connectivity index (χ4n) is 1.59. The molecule has 0 heterocycles. The molecule has 0 saturated carbocycles. The molecule has 7 nitrogen and oxygen atoms in total. The molecule has 0 unspecified atom stereocenters. The standard InChI is InChI=1S/C15H15N3O4S/c1-21-12-4-6-13(7-5-12)22-15(20)18-23-14-8-2-11(3-9-14)17-16-10-19/h2-10,17H,1H3,(H,16,19)(H,18,20). The number of carbonyl (C=O) groups is 2. The summed E-state index contributed by atoms with van der Waals surface area (Å²) < 4.78 is 12.7. The molecule has 0 aliphatic rings. The Balaban J connectivity index is 1.80. The Bertz CT molecular complexity index is 647. The molecular weight excluding hydrogens is 318 g/mol. The van der Waals surface area contributed by atoms with Gasteiger partial charge >= 0.3 is 6.09 Å². The summed E-state index contributed by atoms with van der Waals surface area (Å²) in [5.41, 5.74) is 5.74. The summed E-state index contributed by atoms with van der Waals surface area (Å²) in [6, 6.07) is 13.8.